The van der Waals surface area contributed by atoms with Crippen molar-refractivity contribution in [2.45, 2.75) is 25.9 Å². The summed E-state index contributed by atoms with van der Waals surface area (Å²) < 4.78 is 5.81. The molecule has 1 heterocycles. The fourth-order valence-corrected chi connectivity index (χ4v) is 2.54. The van der Waals surface area contributed by atoms with E-state index in [4.69, 9.17) is 16.3 Å². The summed E-state index contributed by atoms with van der Waals surface area (Å²) in [5.74, 6) is 0.835. The first-order valence-electron chi connectivity index (χ1n) is 7.09. The van der Waals surface area contributed by atoms with Crippen LogP contribution in [0.3, 0.4) is 0 Å². The number of hydrogen-bond acceptors (Lipinski definition) is 3. The topological polar surface area (TPSA) is 24.5 Å². The van der Waals surface area contributed by atoms with Gasteiger partial charge in [-0.05, 0) is 51.1 Å². The molecule has 1 fully saturated rings. The summed E-state index contributed by atoms with van der Waals surface area (Å²) in [7, 11) is 0. The highest BCUT2D eigenvalue weighted by atomic mass is 35.5. The van der Waals surface area contributed by atoms with Crippen molar-refractivity contribution in [1.82, 2.24) is 10.2 Å². The Morgan fingerprint density at radius 3 is 2.89 bits per heavy atom. The first-order chi connectivity index (χ1) is 9.24. The van der Waals surface area contributed by atoms with Gasteiger partial charge in [-0.15, -0.1) is 0 Å². The molecule has 1 atom stereocenters. The predicted molar refractivity (Wildman–Crippen MR) is 80.1 cm³/mol. The van der Waals surface area contributed by atoms with Crippen molar-refractivity contribution in [2.24, 2.45) is 0 Å². The zero-order valence-corrected chi connectivity index (χ0v) is 12.3. The molecule has 19 heavy (non-hydrogen) atoms. The van der Waals surface area contributed by atoms with Gasteiger partial charge in [-0.3, -0.25) is 0 Å². The van der Waals surface area contributed by atoms with Gasteiger partial charge in [-0.2, -0.15) is 0 Å². The fraction of sp³-hybridized carbons (Fsp3) is 0.600. The van der Waals surface area contributed by atoms with E-state index in [-0.39, 0.29) is 6.10 Å². The van der Waals surface area contributed by atoms with E-state index in [1.54, 1.807) is 0 Å². The van der Waals surface area contributed by atoms with Crippen molar-refractivity contribution < 1.29 is 4.74 Å². The minimum absolute atomic E-state index is 0.150. The maximum absolute atomic E-state index is 5.93. The standard InChI is InChI=1S/C15H23ClN2O/c1-13(19-15-6-4-5-14(16)11-15)12-17-7-10-18-8-2-3-9-18/h4-6,11,13,17H,2-3,7-10,12H2,1H3. The molecule has 1 unspecified atom stereocenters. The Bertz CT molecular complexity index is 380. The van der Waals surface area contributed by atoms with E-state index in [2.05, 4.69) is 17.1 Å². The van der Waals surface area contributed by atoms with Crippen molar-refractivity contribution >= 4 is 11.6 Å². The summed E-state index contributed by atoms with van der Waals surface area (Å²) in [6.45, 7) is 7.63. The lowest BCUT2D eigenvalue weighted by Gasteiger charge is -2.18. The van der Waals surface area contributed by atoms with Crippen LogP contribution in [0.15, 0.2) is 24.3 Å². The molecule has 2 rings (SSSR count). The van der Waals surface area contributed by atoms with E-state index in [9.17, 15) is 0 Å². The molecule has 1 saturated heterocycles. The first kappa shape index (κ1) is 14.6. The normalized spacial score (nSPS) is 17.6. The molecule has 0 spiro atoms. The lowest BCUT2D eigenvalue weighted by molar-refractivity contribution is 0.214. The zero-order chi connectivity index (χ0) is 13.5. The molecule has 1 aromatic carbocycles. The molecule has 1 N–H and O–H groups in total. The van der Waals surface area contributed by atoms with Crippen LogP contribution in [0.2, 0.25) is 5.02 Å². The van der Waals surface area contributed by atoms with Crippen LogP contribution in [-0.4, -0.2) is 43.7 Å². The number of rotatable bonds is 7. The van der Waals surface area contributed by atoms with Crippen LogP contribution >= 0.6 is 11.6 Å². The summed E-state index contributed by atoms with van der Waals surface area (Å²) in [6.07, 6.45) is 2.86. The van der Waals surface area contributed by atoms with Gasteiger partial charge in [0, 0.05) is 24.7 Å². The molecular formula is C15H23ClN2O. The average Bonchev–Trinajstić information content (AvgIpc) is 2.88. The number of nitrogens with one attached hydrogen (secondary N) is 1. The Kier molecular flexibility index (Phi) is 5.95. The van der Waals surface area contributed by atoms with Gasteiger partial charge in [-0.1, -0.05) is 17.7 Å². The third-order valence-electron chi connectivity index (χ3n) is 3.37. The number of likely N-dealkylation sites (tertiary alicyclic amines) is 1. The Balaban J connectivity index is 1.60. The van der Waals surface area contributed by atoms with Gasteiger partial charge in [0.25, 0.3) is 0 Å². The zero-order valence-electron chi connectivity index (χ0n) is 11.6. The summed E-state index contributed by atoms with van der Waals surface area (Å²) in [6, 6.07) is 7.55. The Labute approximate surface area is 120 Å². The Hall–Kier alpha value is -0.770. The molecule has 0 saturated carbocycles. The highest BCUT2D eigenvalue weighted by Gasteiger charge is 2.10. The molecule has 0 radical (unpaired) electrons. The molecule has 0 bridgehead atoms. The summed E-state index contributed by atoms with van der Waals surface area (Å²) in [5, 5.41) is 4.16. The number of hydrogen-bond donors (Lipinski definition) is 1. The van der Waals surface area contributed by atoms with Crippen LogP contribution in [0, 0.1) is 0 Å². The van der Waals surface area contributed by atoms with E-state index < -0.39 is 0 Å². The van der Waals surface area contributed by atoms with E-state index in [0.717, 1.165) is 25.4 Å². The van der Waals surface area contributed by atoms with Crippen molar-refractivity contribution in [3.8, 4) is 5.75 Å². The van der Waals surface area contributed by atoms with E-state index >= 15 is 0 Å². The lowest BCUT2D eigenvalue weighted by atomic mass is 10.3. The molecule has 0 aromatic heterocycles. The Morgan fingerprint density at radius 2 is 2.16 bits per heavy atom. The maximum Gasteiger partial charge on any atom is 0.121 e. The minimum Gasteiger partial charge on any atom is -0.489 e. The van der Waals surface area contributed by atoms with Gasteiger partial charge < -0.3 is 15.0 Å². The van der Waals surface area contributed by atoms with Gasteiger partial charge in [0.2, 0.25) is 0 Å². The predicted octanol–water partition coefficient (Wildman–Crippen LogP) is 2.79. The second-order valence-electron chi connectivity index (χ2n) is 5.14. The molecule has 106 valence electrons. The SMILES string of the molecule is CC(CNCCN1CCCC1)Oc1cccc(Cl)c1. The highest BCUT2D eigenvalue weighted by molar-refractivity contribution is 6.30. The van der Waals surface area contributed by atoms with E-state index in [1.807, 2.05) is 24.3 Å². The monoisotopic (exact) mass is 282 g/mol. The lowest BCUT2D eigenvalue weighted by Crippen LogP contribution is -2.35. The average molecular weight is 283 g/mol. The largest absolute Gasteiger partial charge is 0.489 e. The second kappa shape index (κ2) is 7.73. The number of halogens is 1. The quantitative estimate of drug-likeness (QED) is 0.779. The minimum atomic E-state index is 0.150. The van der Waals surface area contributed by atoms with Crippen molar-refractivity contribution in [1.29, 1.82) is 0 Å². The van der Waals surface area contributed by atoms with Crippen LogP contribution in [-0.2, 0) is 0 Å². The van der Waals surface area contributed by atoms with Gasteiger partial charge in [0.05, 0.1) is 0 Å². The van der Waals surface area contributed by atoms with Gasteiger partial charge >= 0.3 is 0 Å². The van der Waals surface area contributed by atoms with Crippen molar-refractivity contribution in [3.63, 3.8) is 0 Å². The molecule has 1 aromatic rings. The third kappa shape index (κ3) is 5.39. The van der Waals surface area contributed by atoms with Crippen LogP contribution in [0.5, 0.6) is 5.75 Å². The smallest absolute Gasteiger partial charge is 0.121 e. The number of nitrogens with zero attached hydrogens (tertiary/aromatic N) is 1. The number of ether oxygens (including phenoxy) is 1. The van der Waals surface area contributed by atoms with Crippen LogP contribution in [0.1, 0.15) is 19.8 Å². The molecule has 4 heteroatoms. The van der Waals surface area contributed by atoms with Gasteiger partial charge in [0.1, 0.15) is 11.9 Å². The van der Waals surface area contributed by atoms with E-state index in [1.165, 1.54) is 25.9 Å². The number of benzene rings is 1. The van der Waals surface area contributed by atoms with Crippen molar-refractivity contribution in [3.05, 3.63) is 29.3 Å². The van der Waals surface area contributed by atoms with Gasteiger partial charge in [-0.25, -0.2) is 0 Å². The molecule has 1 aliphatic rings. The molecule has 3 nitrogen and oxygen atoms in total. The summed E-state index contributed by atoms with van der Waals surface area (Å²) in [4.78, 5) is 2.51. The molecule has 0 aliphatic carbocycles. The van der Waals surface area contributed by atoms with E-state index in [0.29, 0.717) is 5.02 Å². The third-order valence-corrected chi connectivity index (χ3v) is 3.60. The molecule has 1 aliphatic heterocycles. The second-order valence-corrected chi connectivity index (χ2v) is 5.58. The Morgan fingerprint density at radius 1 is 1.37 bits per heavy atom. The summed E-state index contributed by atoms with van der Waals surface area (Å²) in [5.41, 5.74) is 0. The van der Waals surface area contributed by atoms with Gasteiger partial charge in [0.15, 0.2) is 0 Å². The molecule has 0 amide bonds. The van der Waals surface area contributed by atoms with Crippen molar-refractivity contribution in [2.75, 3.05) is 32.7 Å². The first-order valence-corrected chi connectivity index (χ1v) is 7.47. The molecular weight excluding hydrogens is 260 g/mol. The van der Waals surface area contributed by atoms with Crippen LogP contribution < -0.4 is 10.1 Å². The van der Waals surface area contributed by atoms with Crippen LogP contribution in [0.4, 0.5) is 0 Å². The fourth-order valence-electron chi connectivity index (χ4n) is 2.36. The maximum atomic E-state index is 5.93. The van der Waals surface area contributed by atoms with Crippen LogP contribution in [0.25, 0.3) is 0 Å². The summed E-state index contributed by atoms with van der Waals surface area (Å²) >= 11 is 5.93. The highest BCUT2D eigenvalue weighted by Crippen LogP contribution is 2.18.